The molecule has 0 amide bonds. The van der Waals surface area contributed by atoms with Crippen LogP contribution in [0.1, 0.15) is 18.1 Å². The van der Waals surface area contributed by atoms with Crippen molar-refractivity contribution in [3.63, 3.8) is 0 Å². The standard InChI is InChI=1S/C16H18FNO/c1-12(9-13-5-7-16(19)8-6-13)18-11-14-3-2-4-15(17)10-14/h2-8,10,12,18-19H,9,11H2,1H3. The Balaban J connectivity index is 1.84. The number of benzene rings is 2. The molecule has 1 atom stereocenters. The molecule has 0 aliphatic carbocycles. The van der Waals surface area contributed by atoms with Gasteiger partial charge < -0.3 is 10.4 Å². The van der Waals surface area contributed by atoms with Gasteiger partial charge in [0.2, 0.25) is 0 Å². The fourth-order valence-electron chi connectivity index (χ4n) is 2.00. The third-order valence-corrected chi connectivity index (χ3v) is 3.02. The van der Waals surface area contributed by atoms with Gasteiger partial charge in [0.1, 0.15) is 11.6 Å². The van der Waals surface area contributed by atoms with Gasteiger partial charge in [-0.15, -0.1) is 0 Å². The van der Waals surface area contributed by atoms with E-state index in [9.17, 15) is 9.50 Å². The molecule has 0 radical (unpaired) electrons. The van der Waals surface area contributed by atoms with Gasteiger partial charge in [0, 0.05) is 12.6 Å². The Kier molecular flexibility index (Phi) is 4.53. The van der Waals surface area contributed by atoms with Crippen molar-refractivity contribution in [2.24, 2.45) is 0 Å². The lowest BCUT2D eigenvalue weighted by Crippen LogP contribution is -2.27. The Hall–Kier alpha value is -1.87. The van der Waals surface area contributed by atoms with Crippen LogP contribution >= 0.6 is 0 Å². The van der Waals surface area contributed by atoms with Gasteiger partial charge in [-0.3, -0.25) is 0 Å². The van der Waals surface area contributed by atoms with E-state index < -0.39 is 0 Å². The third kappa shape index (κ3) is 4.38. The van der Waals surface area contributed by atoms with Crippen LogP contribution in [0.4, 0.5) is 4.39 Å². The van der Waals surface area contributed by atoms with E-state index in [2.05, 4.69) is 12.2 Å². The highest BCUT2D eigenvalue weighted by Gasteiger charge is 2.04. The van der Waals surface area contributed by atoms with Gasteiger partial charge in [-0.05, 0) is 48.7 Å². The molecule has 2 nitrogen and oxygen atoms in total. The summed E-state index contributed by atoms with van der Waals surface area (Å²) in [4.78, 5) is 0. The van der Waals surface area contributed by atoms with Crippen molar-refractivity contribution >= 4 is 0 Å². The number of phenols is 1. The van der Waals surface area contributed by atoms with Crippen molar-refractivity contribution in [1.82, 2.24) is 5.32 Å². The minimum absolute atomic E-state index is 0.203. The highest BCUT2D eigenvalue weighted by atomic mass is 19.1. The zero-order valence-corrected chi connectivity index (χ0v) is 10.9. The predicted molar refractivity (Wildman–Crippen MR) is 74.5 cm³/mol. The maximum absolute atomic E-state index is 13.0. The summed E-state index contributed by atoms with van der Waals surface area (Å²) < 4.78 is 13.0. The summed E-state index contributed by atoms with van der Waals surface area (Å²) in [5.41, 5.74) is 2.11. The van der Waals surface area contributed by atoms with Crippen LogP contribution in [-0.2, 0) is 13.0 Å². The largest absolute Gasteiger partial charge is 0.508 e. The molecule has 0 aliphatic heterocycles. The van der Waals surface area contributed by atoms with Crippen molar-refractivity contribution in [1.29, 1.82) is 0 Å². The van der Waals surface area contributed by atoms with Crippen molar-refractivity contribution < 1.29 is 9.50 Å². The fourth-order valence-corrected chi connectivity index (χ4v) is 2.00. The summed E-state index contributed by atoms with van der Waals surface area (Å²) in [6.07, 6.45) is 0.871. The summed E-state index contributed by atoms with van der Waals surface area (Å²) in [7, 11) is 0. The van der Waals surface area contributed by atoms with Crippen molar-refractivity contribution in [2.45, 2.75) is 25.9 Å². The lowest BCUT2D eigenvalue weighted by molar-refractivity contribution is 0.474. The van der Waals surface area contributed by atoms with E-state index >= 15 is 0 Å². The lowest BCUT2D eigenvalue weighted by atomic mass is 10.1. The number of aromatic hydroxyl groups is 1. The maximum atomic E-state index is 13.0. The predicted octanol–water partition coefficient (Wildman–Crippen LogP) is 3.25. The molecule has 2 aromatic carbocycles. The number of rotatable bonds is 5. The summed E-state index contributed by atoms with van der Waals surface area (Å²) in [6, 6.07) is 14.1. The Labute approximate surface area is 112 Å². The number of phenolic OH excluding ortho intramolecular Hbond substituents is 1. The van der Waals surface area contributed by atoms with E-state index in [4.69, 9.17) is 0 Å². The van der Waals surface area contributed by atoms with E-state index in [-0.39, 0.29) is 17.6 Å². The van der Waals surface area contributed by atoms with Crippen molar-refractivity contribution in [3.8, 4) is 5.75 Å². The highest BCUT2D eigenvalue weighted by Crippen LogP contribution is 2.11. The highest BCUT2D eigenvalue weighted by molar-refractivity contribution is 5.26. The fraction of sp³-hybridized carbons (Fsp3) is 0.250. The second-order valence-electron chi connectivity index (χ2n) is 4.78. The lowest BCUT2D eigenvalue weighted by Gasteiger charge is -2.14. The molecule has 0 heterocycles. The molecule has 2 rings (SSSR count). The van der Waals surface area contributed by atoms with Gasteiger partial charge >= 0.3 is 0 Å². The zero-order chi connectivity index (χ0) is 13.7. The third-order valence-electron chi connectivity index (χ3n) is 3.02. The molecular weight excluding hydrogens is 241 g/mol. The van der Waals surface area contributed by atoms with Gasteiger partial charge in [0.05, 0.1) is 0 Å². The van der Waals surface area contributed by atoms with Gasteiger partial charge in [0.25, 0.3) is 0 Å². The molecule has 0 aliphatic rings. The number of hydrogen-bond donors (Lipinski definition) is 2. The summed E-state index contributed by atoms with van der Waals surface area (Å²) in [5, 5.41) is 12.6. The van der Waals surface area contributed by atoms with Crippen LogP contribution < -0.4 is 5.32 Å². The van der Waals surface area contributed by atoms with Gasteiger partial charge in [-0.2, -0.15) is 0 Å². The number of nitrogens with one attached hydrogen (secondary N) is 1. The molecule has 0 fully saturated rings. The van der Waals surface area contributed by atoms with Crippen LogP contribution in [0.3, 0.4) is 0 Å². The van der Waals surface area contributed by atoms with E-state index in [0.717, 1.165) is 17.5 Å². The molecule has 0 saturated carbocycles. The van der Waals surface area contributed by atoms with E-state index in [1.807, 2.05) is 18.2 Å². The molecular formula is C16H18FNO. The van der Waals surface area contributed by atoms with Crippen LogP contribution in [0.2, 0.25) is 0 Å². The molecule has 3 heteroatoms. The SMILES string of the molecule is CC(Cc1ccc(O)cc1)NCc1cccc(F)c1. The van der Waals surface area contributed by atoms with E-state index in [1.165, 1.54) is 6.07 Å². The van der Waals surface area contributed by atoms with Crippen LogP contribution in [0.15, 0.2) is 48.5 Å². The zero-order valence-electron chi connectivity index (χ0n) is 10.9. The number of hydrogen-bond acceptors (Lipinski definition) is 2. The normalized spacial score (nSPS) is 12.3. The Morgan fingerprint density at radius 2 is 1.84 bits per heavy atom. The minimum atomic E-state index is -0.203. The molecule has 0 saturated heterocycles. The van der Waals surface area contributed by atoms with E-state index in [0.29, 0.717) is 6.54 Å². The molecule has 19 heavy (non-hydrogen) atoms. The summed E-state index contributed by atoms with van der Waals surface area (Å²) in [5.74, 6) is 0.0783. The average molecular weight is 259 g/mol. The first kappa shape index (κ1) is 13.6. The van der Waals surface area contributed by atoms with Gasteiger partial charge in [0.15, 0.2) is 0 Å². The molecule has 2 aromatic rings. The van der Waals surface area contributed by atoms with Crippen molar-refractivity contribution in [3.05, 3.63) is 65.5 Å². The maximum Gasteiger partial charge on any atom is 0.123 e. The molecule has 100 valence electrons. The topological polar surface area (TPSA) is 32.3 Å². The second-order valence-corrected chi connectivity index (χ2v) is 4.78. The van der Waals surface area contributed by atoms with Crippen LogP contribution in [0.5, 0.6) is 5.75 Å². The van der Waals surface area contributed by atoms with Crippen molar-refractivity contribution in [2.75, 3.05) is 0 Å². The Morgan fingerprint density at radius 1 is 1.11 bits per heavy atom. The minimum Gasteiger partial charge on any atom is -0.508 e. The first-order chi connectivity index (χ1) is 9.13. The van der Waals surface area contributed by atoms with Gasteiger partial charge in [-0.1, -0.05) is 24.3 Å². The molecule has 2 N–H and O–H groups in total. The molecule has 1 unspecified atom stereocenters. The van der Waals surface area contributed by atoms with E-state index in [1.54, 1.807) is 24.3 Å². The van der Waals surface area contributed by atoms with Crippen LogP contribution in [0, 0.1) is 5.82 Å². The molecule has 0 bridgehead atoms. The second kappa shape index (κ2) is 6.34. The first-order valence-electron chi connectivity index (χ1n) is 6.39. The average Bonchev–Trinajstić information content (AvgIpc) is 2.39. The molecule has 0 spiro atoms. The quantitative estimate of drug-likeness (QED) is 0.864. The Bertz CT molecular complexity index is 525. The van der Waals surface area contributed by atoms with Gasteiger partial charge in [-0.25, -0.2) is 4.39 Å². The monoisotopic (exact) mass is 259 g/mol. The molecule has 0 aromatic heterocycles. The van der Waals surface area contributed by atoms with Crippen LogP contribution in [-0.4, -0.2) is 11.1 Å². The number of halogens is 1. The smallest absolute Gasteiger partial charge is 0.123 e. The summed E-state index contributed by atoms with van der Waals surface area (Å²) in [6.45, 7) is 2.74. The van der Waals surface area contributed by atoms with Crippen LogP contribution in [0.25, 0.3) is 0 Å². The Morgan fingerprint density at radius 3 is 2.53 bits per heavy atom. The summed E-state index contributed by atoms with van der Waals surface area (Å²) >= 11 is 0. The first-order valence-corrected chi connectivity index (χ1v) is 6.39.